The van der Waals surface area contributed by atoms with Crippen molar-refractivity contribution in [3.05, 3.63) is 54.2 Å². The van der Waals surface area contributed by atoms with Crippen LogP contribution in [0, 0.1) is 0 Å². The molecule has 0 saturated carbocycles. The second-order valence-electron chi connectivity index (χ2n) is 3.74. The number of nitrogens with zero attached hydrogens (tertiary/aromatic N) is 2. The van der Waals surface area contributed by atoms with E-state index in [-0.39, 0.29) is 0 Å². The molecule has 0 radical (unpaired) electrons. The summed E-state index contributed by atoms with van der Waals surface area (Å²) in [4.78, 5) is 8.18. The largest absolute Gasteiger partial charge is 0.447 e. The summed E-state index contributed by atoms with van der Waals surface area (Å²) < 4.78 is 5.17. The summed E-state index contributed by atoms with van der Waals surface area (Å²) in [6.07, 6.45) is 4.95. The number of hydrogen-bond donors (Lipinski definition) is 1. The smallest absolute Gasteiger partial charge is 0.180 e. The van der Waals surface area contributed by atoms with Crippen LogP contribution in [0.4, 0.5) is 5.69 Å². The zero-order valence-electron chi connectivity index (χ0n) is 9.54. The highest BCUT2D eigenvalue weighted by molar-refractivity contribution is 7.13. The monoisotopic (exact) mass is 257 g/mol. The summed E-state index contributed by atoms with van der Waals surface area (Å²) in [5, 5.41) is 6.29. The number of aromatic nitrogens is 2. The molecule has 2 aromatic heterocycles. The predicted molar refractivity (Wildman–Crippen MR) is 71.4 cm³/mol. The maximum absolute atomic E-state index is 5.17. The molecule has 0 fully saturated rings. The summed E-state index contributed by atoms with van der Waals surface area (Å²) >= 11 is 1.63. The lowest BCUT2D eigenvalue weighted by Gasteiger charge is -2.05. The molecule has 0 aliphatic rings. The van der Waals surface area contributed by atoms with Gasteiger partial charge in [-0.3, -0.25) is 0 Å². The van der Waals surface area contributed by atoms with Crippen molar-refractivity contribution in [2.24, 2.45) is 0 Å². The van der Waals surface area contributed by atoms with E-state index in [2.05, 4.69) is 27.4 Å². The maximum atomic E-state index is 5.17. The molecule has 0 spiro atoms. The van der Waals surface area contributed by atoms with Crippen molar-refractivity contribution in [3.8, 4) is 10.6 Å². The van der Waals surface area contributed by atoms with Crippen molar-refractivity contribution in [1.29, 1.82) is 0 Å². The van der Waals surface area contributed by atoms with Gasteiger partial charge < -0.3 is 9.73 Å². The van der Waals surface area contributed by atoms with Gasteiger partial charge in [0.05, 0.1) is 12.7 Å². The van der Waals surface area contributed by atoms with E-state index in [1.165, 1.54) is 6.39 Å². The van der Waals surface area contributed by atoms with Crippen molar-refractivity contribution in [1.82, 2.24) is 9.97 Å². The SMILES string of the molecule is c1cc(NCc2cnco2)cc(-c2nccs2)c1. The molecule has 0 aliphatic heterocycles. The van der Waals surface area contributed by atoms with Crippen LogP contribution in [-0.4, -0.2) is 9.97 Å². The first-order valence-corrected chi connectivity index (χ1v) is 6.41. The van der Waals surface area contributed by atoms with Gasteiger partial charge in [0, 0.05) is 22.8 Å². The molecule has 1 N–H and O–H groups in total. The van der Waals surface area contributed by atoms with Gasteiger partial charge in [0.25, 0.3) is 0 Å². The predicted octanol–water partition coefficient (Wildman–Crippen LogP) is 3.41. The number of anilines is 1. The van der Waals surface area contributed by atoms with Crippen LogP contribution in [-0.2, 0) is 6.54 Å². The molecular weight excluding hydrogens is 246 g/mol. The lowest BCUT2D eigenvalue weighted by Crippen LogP contribution is -1.97. The molecular formula is C13H11N3OS. The minimum atomic E-state index is 0.626. The number of oxazole rings is 1. The van der Waals surface area contributed by atoms with Crippen LogP contribution in [0.1, 0.15) is 5.76 Å². The molecule has 0 unspecified atom stereocenters. The number of rotatable bonds is 4. The molecule has 0 atom stereocenters. The number of nitrogens with one attached hydrogen (secondary N) is 1. The van der Waals surface area contributed by atoms with E-state index < -0.39 is 0 Å². The first-order chi connectivity index (χ1) is 8.92. The van der Waals surface area contributed by atoms with Gasteiger partial charge >= 0.3 is 0 Å². The molecule has 0 saturated heterocycles. The zero-order chi connectivity index (χ0) is 12.2. The van der Waals surface area contributed by atoms with E-state index in [0.717, 1.165) is 22.0 Å². The highest BCUT2D eigenvalue weighted by Crippen LogP contribution is 2.24. The normalized spacial score (nSPS) is 10.4. The van der Waals surface area contributed by atoms with Crippen LogP contribution in [0.25, 0.3) is 10.6 Å². The van der Waals surface area contributed by atoms with Crippen LogP contribution in [0.3, 0.4) is 0 Å². The van der Waals surface area contributed by atoms with Gasteiger partial charge in [0.2, 0.25) is 0 Å². The first kappa shape index (κ1) is 11.0. The summed E-state index contributed by atoms with van der Waals surface area (Å²) in [5.41, 5.74) is 2.16. The molecule has 0 aliphatic carbocycles. The summed E-state index contributed by atoms with van der Waals surface area (Å²) in [7, 11) is 0. The third-order valence-electron chi connectivity index (χ3n) is 2.49. The summed E-state index contributed by atoms with van der Waals surface area (Å²) in [6, 6.07) is 8.17. The summed E-state index contributed by atoms with van der Waals surface area (Å²) in [5.74, 6) is 0.814. The Morgan fingerprint density at radius 3 is 3.11 bits per heavy atom. The highest BCUT2D eigenvalue weighted by atomic mass is 32.1. The fourth-order valence-corrected chi connectivity index (χ4v) is 2.28. The lowest BCUT2D eigenvalue weighted by atomic mass is 10.2. The van der Waals surface area contributed by atoms with E-state index in [4.69, 9.17) is 4.42 Å². The molecule has 0 amide bonds. The van der Waals surface area contributed by atoms with E-state index in [0.29, 0.717) is 6.54 Å². The van der Waals surface area contributed by atoms with Gasteiger partial charge in [0.1, 0.15) is 10.8 Å². The molecule has 5 heteroatoms. The van der Waals surface area contributed by atoms with Gasteiger partial charge in [0.15, 0.2) is 6.39 Å². The van der Waals surface area contributed by atoms with E-state index in [1.54, 1.807) is 17.5 Å². The highest BCUT2D eigenvalue weighted by Gasteiger charge is 2.02. The van der Waals surface area contributed by atoms with Crippen molar-refractivity contribution < 1.29 is 4.42 Å². The minimum Gasteiger partial charge on any atom is -0.447 e. The zero-order valence-corrected chi connectivity index (χ0v) is 10.4. The van der Waals surface area contributed by atoms with Gasteiger partial charge in [-0.15, -0.1) is 11.3 Å². The number of thiazole rings is 1. The topological polar surface area (TPSA) is 51.0 Å². The Balaban J connectivity index is 1.75. The number of benzene rings is 1. The average molecular weight is 257 g/mol. The van der Waals surface area contributed by atoms with Crippen LogP contribution in [0.2, 0.25) is 0 Å². The maximum Gasteiger partial charge on any atom is 0.180 e. The molecule has 4 nitrogen and oxygen atoms in total. The number of hydrogen-bond acceptors (Lipinski definition) is 5. The molecule has 90 valence electrons. The Bertz CT molecular complexity index is 605. The van der Waals surface area contributed by atoms with E-state index in [9.17, 15) is 0 Å². The van der Waals surface area contributed by atoms with Crippen LogP contribution >= 0.6 is 11.3 Å². The Morgan fingerprint density at radius 2 is 2.33 bits per heavy atom. The first-order valence-electron chi connectivity index (χ1n) is 5.53. The quantitative estimate of drug-likeness (QED) is 0.778. The van der Waals surface area contributed by atoms with Crippen LogP contribution in [0.5, 0.6) is 0 Å². The molecule has 1 aromatic carbocycles. The molecule has 2 heterocycles. The van der Waals surface area contributed by atoms with Crippen molar-refractivity contribution in [2.45, 2.75) is 6.54 Å². The van der Waals surface area contributed by atoms with Crippen LogP contribution < -0.4 is 5.32 Å². The third-order valence-corrected chi connectivity index (χ3v) is 3.31. The van der Waals surface area contributed by atoms with Crippen molar-refractivity contribution in [3.63, 3.8) is 0 Å². The van der Waals surface area contributed by atoms with Gasteiger partial charge in [-0.25, -0.2) is 9.97 Å². The van der Waals surface area contributed by atoms with E-state index in [1.807, 2.05) is 23.7 Å². The Hall–Kier alpha value is -2.14. The minimum absolute atomic E-state index is 0.626. The Morgan fingerprint density at radius 1 is 1.33 bits per heavy atom. The second kappa shape index (κ2) is 5.01. The molecule has 3 aromatic rings. The standard InChI is InChI=1S/C13H11N3OS/c1-2-10(13-15-4-5-18-13)6-11(3-1)16-8-12-7-14-9-17-12/h1-7,9,16H,8H2. The molecule has 0 bridgehead atoms. The van der Waals surface area contributed by atoms with Crippen LogP contribution in [0.15, 0.2) is 52.9 Å². The molecule has 3 rings (SSSR count). The van der Waals surface area contributed by atoms with Gasteiger partial charge in [-0.1, -0.05) is 12.1 Å². The molecule has 18 heavy (non-hydrogen) atoms. The second-order valence-corrected chi connectivity index (χ2v) is 4.63. The van der Waals surface area contributed by atoms with E-state index >= 15 is 0 Å². The third kappa shape index (κ3) is 2.41. The fourth-order valence-electron chi connectivity index (χ4n) is 1.65. The van der Waals surface area contributed by atoms with Crippen molar-refractivity contribution >= 4 is 17.0 Å². The Kier molecular flexibility index (Phi) is 3.06. The van der Waals surface area contributed by atoms with Crippen molar-refractivity contribution in [2.75, 3.05) is 5.32 Å². The van der Waals surface area contributed by atoms with Gasteiger partial charge in [-0.2, -0.15) is 0 Å². The summed E-state index contributed by atoms with van der Waals surface area (Å²) in [6.45, 7) is 0.626. The fraction of sp³-hybridized carbons (Fsp3) is 0.0769. The average Bonchev–Trinajstić information content (AvgIpc) is 3.10. The van der Waals surface area contributed by atoms with Gasteiger partial charge in [-0.05, 0) is 12.1 Å². The Labute approximate surface area is 108 Å². The lowest BCUT2D eigenvalue weighted by molar-refractivity contribution is 0.512.